The summed E-state index contributed by atoms with van der Waals surface area (Å²) in [5.41, 5.74) is 0.985. The predicted molar refractivity (Wildman–Crippen MR) is 180 cm³/mol. The highest BCUT2D eigenvalue weighted by Gasteiger charge is 2.50. The van der Waals surface area contributed by atoms with E-state index in [2.05, 4.69) is 10.6 Å². The highest BCUT2D eigenvalue weighted by Crippen LogP contribution is 2.30. The average molecular weight is 649 g/mol. The van der Waals surface area contributed by atoms with Crippen molar-refractivity contribution in [1.82, 2.24) is 10.6 Å². The van der Waals surface area contributed by atoms with E-state index in [1.165, 1.54) is 0 Å². The zero-order chi connectivity index (χ0) is 34.6. The molecular formula is C38H52N2O7. The van der Waals surface area contributed by atoms with Crippen molar-refractivity contribution in [3.05, 3.63) is 71.8 Å². The first kappa shape index (κ1) is 37.8. The molecule has 9 heteroatoms. The summed E-state index contributed by atoms with van der Waals surface area (Å²) in [7, 11) is 0. The highest BCUT2D eigenvalue weighted by atomic mass is 16.6. The molecule has 0 radical (unpaired) electrons. The number of hydrogen-bond donors (Lipinski definition) is 3. The van der Waals surface area contributed by atoms with Crippen LogP contribution in [0.5, 0.6) is 0 Å². The van der Waals surface area contributed by atoms with Crippen LogP contribution < -0.4 is 10.6 Å². The number of hydrogen-bond acceptors (Lipinski definition) is 7. The molecule has 1 aliphatic heterocycles. The number of amides is 2. The Morgan fingerprint density at radius 1 is 0.766 bits per heavy atom. The van der Waals surface area contributed by atoms with Crippen molar-refractivity contribution < 1.29 is 33.8 Å². The Bertz CT molecular complexity index is 1340. The Hall–Kier alpha value is -3.69. The van der Waals surface area contributed by atoms with Crippen molar-refractivity contribution in [3.63, 3.8) is 0 Å². The van der Waals surface area contributed by atoms with Gasteiger partial charge in [0.1, 0.15) is 12.2 Å². The van der Waals surface area contributed by atoms with Crippen molar-refractivity contribution in [2.45, 2.75) is 97.2 Å². The van der Waals surface area contributed by atoms with Crippen LogP contribution in [0.25, 0.3) is 0 Å². The van der Waals surface area contributed by atoms with Crippen molar-refractivity contribution in [2.75, 3.05) is 13.2 Å². The van der Waals surface area contributed by atoms with E-state index in [9.17, 15) is 29.1 Å². The summed E-state index contributed by atoms with van der Waals surface area (Å²) in [5, 5.41) is 15.3. The van der Waals surface area contributed by atoms with E-state index >= 15 is 0 Å². The number of ether oxygens (including phenoxy) is 1. The zero-order valence-electron chi connectivity index (χ0n) is 28.5. The molecule has 47 heavy (non-hydrogen) atoms. The quantitative estimate of drug-likeness (QED) is 0.170. The summed E-state index contributed by atoms with van der Waals surface area (Å²) >= 11 is 0. The summed E-state index contributed by atoms with van der Waals surface area (Å²) in [6, 6.07) is 17.4. The van der Waals surface area contributed by atoms with Gasteiger partial charge in [-0.1, -0.05) is 88.4 Å². The molecule has 3 rings (SSSR count). The molecular weight excluding hydrogens is 596 g/mol. The smallest absolute Gasteiger partial charge is 0.224 e. The zero-order valence-corrected chi connectivity index (χ0v) is 28.5. The van der Waals surface area contributed by atoms with Gasteiger partial charge in [-0.2, -0.15) is 0 Å². The molecule has 5 atom stereocenters. The Kier molecular flexibility index (Phi) is 14.5. The predicted octanol–water partition coefficient (Wildman–Crippen LogP) is 4.42. The second kappa shape index (κ2) is 18.0. The maximum absolute atomic E-state index is 14.0. The molecule has 2 aromatic carbocycles. The van der Waals surface area contributed by atoms with Gasteiger partial charge in [0.15, 0.2) is 17.3 Å². The van der Waals surface area contributed by atoms with Gasteiger partial charge in [0.2, 0.25) is 11.8 Å². The highest BCUT2D eigenvalue weighted by molar-refractivity contribution is 5.98. The average Bonchev–Trinajstić information content (AvgIpc) is 3.80. The first-order valence-electron chi connectivity index (χ1n) is 16.8. The fourth-order valence-electron chi connectivity index (χ4n) is 5.84. The Labute approximate surface area is 279 Å². The second-order valence-corrected chi connectivity index (χ2v) is 13.9. The minimum absolute atomic E-state index is 0.0554. The van der Waals surface area contributed by atoms with Crippen molar-refractivity contribution in [2.24, 2.45) is 23.7 Å². The molecule has 0 aliphatic carbocycles. The van der Waals surface area contributed by atoms with Crippen LogP contribution in [0.1, 0.15) is 77.8 Å². The van der Waals surface area contributed by atoms with Crippen LogP contribution in [-0.4, -0.2) is 65.2 Å². The number of epoxide rings is 1. The van der Waals surface area contributed by atoms with Crippen LogP contribution in [0.3, 0.4) is 0 Å². The fraction of sp³-hybridized carbons (Fsp3) is 0.553. The monoisotopic (exact) mass is 648 g/mol. The van der Waals surface area contributed by atoms with E-state index in [1.807, 2.05) is 88.4 Å². The standard InChI is InChI=1S/C38H52N2O7/c1-25(2)18-32(39-36(45)29(21-31(42)23-41)17-16-27-12-8-6-9-13-27)34(43)22-30(20-28-14-10-7-11-15-28)37(46)40-33(19-26(3)4)35(44)38(5)24-47-38/h6-15,25-26,29-30,32-33,41H,16-24H2,1-5H3,(H,39,45)(H,40,46)/t29?,30-,32+,33+,38-/m1/s1. The Morgan fingerprint density at radius 2 is 1.28 bits per heavy atom. The van der Waals surface area contributed by atoms with Crippen molar-refractivity contribution in [1.29, 1.82) is 0 Å². The number of Topliss-reactive ketones (excluding diaryl/α,β-unsaturated/α-hetero) is 3. The molecule has 1 heterocycles. The van der Waals surface area contributed by atoms with Crippen LogP contribution in [0, 0.1) is 23.7 Å². The third-order valence-corrected chi connectivity index (χ3v) is 8.64. The van der Waals surface area contributed by atoms with Gasteiger partial charge in [-0.15, -0.1) is 0 Å². The lowest BCUT2D eigenvalue weighted by atomic mass is 9.87. The molecule has 9 nitrogen and oxygen atoms in total. The molecule has 0 bridgehead atoms. The molecule has 1 saturated heterocycles. The molecule has 256 valence electrons. The number of aryl methyl sites for hydroxylation is 1. The SMILES string of the molecule is CC(C)C[C@H](NC(=O)C(CCc1ccccc1)CC(=O)CO)C(=O)C[C@@H](Cc1ccccc1)C(=O)N[C@@H](CC(C)C)C(=O)[C@@]1(C)CO1. The molecule has 1 fully saturated rings. The third-order valence-electron chi connectivity index (χ3n) is 8.64. The van der Waals surface area contributed by atoms with E-state index in [-0.39, 0.29) is 42.7 Å². The lowest BCUT2D eigenvalue weighted by Gasteiger charge is -2.27. The lowest BCUT2D eigenvalue weighted by molar-refractivity contribution is -0.136. The largest absolute Gasteiger partial charge is 0.389 e. The van der Waals surface area contributed by atoms with Crippen LogP contribution in [-0.2, 0) is 41.6 Å². The van der Waals surface area contributed by atoms with Gasteiger partial charge in [-0.25, -0.2) is 0 Å². The van der Waals surface area contributed by atoms with Gasteiger partial charge in [0.05, 0.1) is 18.7 Å². The summed E-state index contributed by atoms with van der Waals surface area (Å²) in [6.07, 6.45) is 1.73. The van der Waals surface area contributed by atoms with Gasteiger partial charge in [0, 0.05) is 24.7 Å². The maximum atomic E-state index is 14.0. The number of aliphatic hydroxyl groups is 1. The number of rotatable bonds is 21. The molecule has 0 aromatic heterocycles. The minimum Gasteiger partial charge on any atom is -0.389 e. The molecule has 3 N–H and O–H groups in total. The number of carbonyl (C=O) groups is 5. The molecule has 0 spiro atoms. The van der Waals surface area contributed by atoms with Crippen LogP contribution in [0.15, 0.2) is 60.7 Å². The number of benzene rings is 2. The van der Waals surface area contributed by atoms with Crippen molar-refractivity contribution in [3.8, 4) is 0 Å². The summed E-state index contributed by atoms with van der Waals surface area (Å²) in [4.78, 5) is 67.0. The van der Waals surface area contributed by atoms with Crippen molar-refractivity contribution >= 4 is 29.2 Å². The van der Waals surface area contributed by atoms with Crippen LogP contribution in [0.2, 0.25) is 0 Å². The van der Waals surface area contributed by atoms with Gasteiger partial charge < -0.3 is 20.5 Å². The van der Waals surface area contributed by atoms with Gasteiger partial charge in [-0.3, -0.25) is 24.0 Å². The number of aliphatic hydroxyl groups excluding tert-OH is 1. The normalized spacial score (nSPS) is 18.2. The fourth-order valence-corrected chi connectivity index (χ4v) is 5.84. The number of ketones is 3. The Balaban J connectivity index is 1.81. The molecule has 1 unspecified atom stereocenters. The van der Waals surface area contributed by atoms with E-state index in [0.29, 0.717) is 32.3 Å². The topological polar surface area (TPSA) is 142 Å². The molecule has 1 aliphatic rings. The number of nitrogens with one attached hydrogen (secondary N) is 2. The van der Waals surface area contributed by atoms with E-state index < -0.39 is 53.7 Å². The van der Waals surface area contributed by atoms with Crippen LogP contribution in [0.4, 0.5) is 0 Å². The summed E-state index contributed by atoms with van der Waals surface area (Å²) in [6.45, 7) is 9.24. The second-order valence-electron chi connectivity index (χ2n) is 13.9. The first-order chi connectivity index (χ1) is 22.3. The van der Waals surface area contributed by atoms with E-state index in [4.69, 9.17) is 4.74 Å². The lowest BCUT2D eigenvalue weighted by Crippen LogP contribution is -2.50. The van der Waals surface area contributed by atoms with Gasteiger partial charge in [0.25, 0.3) is 0 Å². The maximum Gasteiger partial charge on any atom is 0.224 e. The van der Waals surface area contributed by atoms with Gasteiger partial charge in [-0.05, 0) is 62.0 Å². The van der Waals surface area contributed by atoms with Gasteiger partial charge >= 0.3 is 0 Å². The molecule has 2 amide bonds. The minimum atomic E-state index is -0.904. The Morgan fingerprint density at radius 3 is 1.81 bits per heavy atom. The van der Waals surface area contributed by atoms with E-state index in [0.717, 1.165) is 11.1 Å². The summed E-state index contributed by atoms with van der Waals surface area (Å²) in [5.74, 6) is -3.04. The number of carbonyl (C=O) groups excluding carboxylic acids is 5. The first-order valence-corrected chi connectivity index (χ1v) is 16.8. The summed E-state index contributed by atoms with van der Waals surface area (Å²) < 4.78 is 5.39. The van der Waals surface area contributed by atoms with Crippen LogP contribution >= 0.6 is 0 Å². The van der Waals surface area contributed by atoms with E-state index in [1.54, 1.807) is 6.92 Å². The third kappa shape index (κ3) is 12.5. The molecule has 0 saturated carbocycles. The molecule has 2 aromatic rings.